The summed E-state index contributed by atoms with van der Waals surface area (Å²) in [6.07, 6.45) is 2.22. The largest absolute Gasteiger partial charge is 0.310 e. The van der Waals surface area contributed by atoms with Crippen molar-refractivity contribution in [2.45, 2.75) is 32.2 Å². The Kier molecular flexibility index (Phi) is 3.75. The van der Waals surface area contributed by atoms with E-state index in [4.69, 9.17) is 0 Å². The van der Waals surface area contributed by atoms with Crippen molar-refractivity contribution >= 4 is 21.6 Å². The zero-order valence-electron chi connectivity index (χ0n) is 12.2. The van der Waals surface area contributed by atoms with E-state index in [1.807, 2.05) is 24.3 Å². The Morgan fingerprint density at radius 2 is 2.05 bits per heavy atom. The molecule has 2 heterocycles. The fourth-order valence-electron chi connectivity index (χ4n) is 3.23. The van der Waals surface area contributed by atoms with Gasteiger partial charge in [0.15, 0.2) is 0 Å². The number of hydrogen-bond acceptors (Lipinski definition) is 3. The second-order valence-corrected chi connectivity index (χ2v) is 7.75. The number of benzene rings is 1. The number of sulfonamides is 1. The standard InChI is InChI=1S/C15H20N2O3S/c1-2-21(19,20)17-10-5-8-14(17)15(18)16-11-9-12-6-3-4-7-13(12)16/h3-4,6-7,14H,2,5,8-11H2,1H3/t14-/m1/s1. The Hall–Kier alpha value is -1.40. The molecule has 0 radical (unpaired) electrons. The quantitative estimate of drug-likeness (QED) is 0.848. The Morgan fingerprint density at radius 1 is 1.29 bits per heavy atom. The summed E-state index contributed by atoms with van der Waals surface area (Å²) in [6, 6.07) is 7.32. The lowest BCUT2D eigenvalue weighted by molar-refractivity contribution is -0.121. The van der Waals surface area contributed by atoms with Gasteiger partial charge in [0.2, 0.25) is 15.9 Å². The van der Waals surface area contributed by atoms with Gasteiger partial charge < -0.3 is 4.90 Å². The molecule has 6 heteroatoms. The van der Waals surface area contributed by atoms with Crippen molar-refractivity contribution in [3.05, 3.63) is 29.8 Å². The molecule has 1 saturated heterocycles. The van der Waals surface area contributed by atoms with Gasteiger partial charge in [0.25, 0.3) is 0 Å². The molecule has 21 heavy (non-hydrogen) atoms. The molecule has 5 nitrogen and oxygen atoms in total. The van der Waals surface area contributed by atoms with Gasteiger partial charge >= 0.3 is 0 Å². The van der Waals surface area contributed by atoms with Crippen molar-refractivity contribution in [3.8, 4) is 0 Å². The molecule has 3 rings (SSSR count). The van der Waals surface area contributed by atoms with E-state index in [9.17, 15) is 13.2 Å². The van der Waals surface area contributed by atoms with Crippen LogP contribution in [0.5, 0.6) is 0 Å². The van der Waals surface area contributed by atoms with Crippen LogP contribution in [0.2, 0.25) is 0 Å². The average molecular weight is 308 g/mol. The molecule has 0 spiro atoms. The first-order valence-electron chi connectivity index (χ1n) is 7.43. The molecule has 2 aliphatic rings. The van der Waals surface area contributed by atoms with Crippen molar-refractivity contribution in [2.75, 3.05) is 23.7 Å². The molecule has 2 aliphatic heterocycles. The molecule has 114 valence electrons. The van der Waals surface area contributed by atoms with Crippen LogP contribution in [0.4, 0.5) is 5.69 Å². The first-order chi connectivity index (χ1) is 10.0. The molecular formula is C15H20N2O3S. The highest BCUT2D eigenvalue weighted by atomic mass is 32.2. The molecule has 0 aromatic heterocycles. The van der Waals surface area contributed by atoms with Gasteiger partial charge in [-0.25, -0.2) is 8.42 Å². The number of hydrogen-bond donors (Lipinski definition) is 0. The maximum atomic E-state index is 12.8. The summed E-state index contributed by atoms with van der Waals surface area (Å²) in [5.41, 5.74) is 2.09. The molecule has 0 bridgehead atoms. The number of nitrogens with zero attached hydrogens (tertiary/aromatic N) is 2. The number of amides is 1. The molecule has 0 unspecified atom stereocenters. The zero-order valence-corrected chi connectivity index (χ0v) is 13.0. The third-order valence-corrected chi connectivity index (χ3v) is 6.25. The van der Waals surface area contributed by atoms with Crippen molar-refractivity contribution in [2.24, 2.45) is 0 Å². The second-order valence-electron chi connectivity index (χ2n) is 5.54. The minimum Gasteiger partial charge on any atom is -0.310 e. The third kappa shape index (κ3) is 2.46. The zero-order chi connectivity index (χ0) is 15.0. The number of anilines is 1. The normalized spacial score (nSPS) is 22.5. The van der Waals surface area contributed by atoms with Crippen LogP contribution in [0.3, 0.4) is 0 Å². The smallest absolute Gasteiger partial charge is 0.245 e. The number of rotatable bonds is 3. The molecule has 0 aliphatic carbocycles. The lowest BCUT2D eigenvalue weighted by atomic mass is 10.1. The van der Waals surface area contributed by atoms with E-state index in [0.717, 1.165) is 24.1 Å². The Morgan fingerprint density at radius 3 is 2.81 bits per heavy atom. The lowest BCUT2D eigenvalue weighted by Crippen LogP contribution is -2.47. The Balaban J connectivity index is 1.86. The van der Waals surface area contributed by atoms with E-state index >= 15 is 0 Å². The molecule has 0 saturated carbocycles. The van der Waals surface area contributed by atoms with Gasteiger partial charge in [-0.3, -0.25) is 4.79 Å². The molecule has 1 aromatic carbocycles. The monoisotopic (exact) mass is 308 g/mol. The van der Waals surface area contributed by atoms with Gasteiger partial charge in [-0.1, -0.05) is 18.2 Å². The van der Waals surface area contributed by atoms with Crippen LogP contribution in [0.15, 0.2) is 24.3 Å². The van der Waals surface area contributed by atoms with Crippen molar-refractivity contribution in [3.63, 3.8) is 0 Å². The van der Waals surface area contributed by atoms with Crippen molar-refractivity contribution in [1.29, 1.82) is 0 Å². The highest BCUT2D eigenvalue weighted by Gasteiger charge is 2.41. The van der Waals surface area contributed by atoms with Gasteiger partial charge in [-0.15, -0.1) is 0 Å². The van der Waals surface area contributed by atoms with E-state index in [2.05, 4.69) is 0 Å². The minimum absolute atomic E-state index is 0.0490. The van der Waals surface area contributed by atoms with Crippen molar-refractivity contribution < 1.29 is 13.2 Å². The maximum Gasteiger partial charge on any atom is 0.245 e. The summed E-state index contributed by atoms with van der Waals surface area (Å²) in [6.45, 7) is 2.73. The van der Waals surface area contributed by atoms with Crippen LogP contribution in [0.25, 0.3) is 0 Å². The summed E-state index contributed by atoms with van der Waals surface area (Å²) < 4.78 is 25.7. The molecule has 1 aromatic rings. The van der Waals surface area contributed by atoms with Crippen LogP contribution in [0.1, 0.15) is 25.3 Å². The average Bonchev–Trinajstić information content (AvgIpc) is 3.13. The molecule has 0 N–H and O–H groups in total. The number of para-hydroxylation sites is 1. The van der Waals surface area contributed by atoms with E-state index in [0.29, 0.717) is 19.5 Å². The van der Waals surface area contributed by atoms with Crippen LogP contribution in [-0.2, 0) is 21.2 Å². The van der Waals surface area contributed by atoms with Gasteiger partial charge in [0.05, 0.1) is 5.75 Å². The minimum atomic E-state index is -3.31. The SMILES string of the molecule is CCS(=O)(=O)N1CCC[C@@H]1C(=O)N1CCc2ccccc21. The highest BCUT2D eigenvalue weighted by molar-refractivity contribution is 7.89. The highest BCUT2D eigenvalue weighted by Crippen LogP contribution is 2.31. The second kappa shape index (κ2) is 5.42. The molecule has 1 fully saturated rings. The third-order valence-electron chi connectivity index (χ3n) is 4.36. The van der Waals surface area contributed by atoms with Crippen LogP contribution in [0, 0.1) is 0 Å². The van der Waals surface area contributed by atoms with Crippen molar-refractivity contribution in [1.82, 2.24) is 4.31 Å². The van der Waals surface area contributed by atoms with Gasteiger partial charge in [-0.05, 0) is 37.8 Å². The Bertz CT molecular complexity index is 657. The number of carbonyl (C=O) groups is 1. The first kappa shape index (κ1) is 14.5. The fourth-order valence-corrected chi connectivity index (χ4v) is 4.56. The van der Waals surface area contributed by atoms with E-state index < -0.39 is 16.1 Å². The predicted octanol–water partition coefficient (Wildman–Crippen LogP) is 1.39. The van der Waals surface area contributed by atoms with Gasteiger partial charge in [-0.2, -0.15) is 4.31 Å². The van der Waals surface area contributed by atoms with Crippen LogP contribution in [-0.4, -0.2) is 43.5 Å². The van der Waals surface area contributed by atoms with E-state index in [-0.39, 0.29) is 11.7 Å². The summed E-state index contributed by atoms with van der Waals surface area (Å²) in [5.74, 6) is -0.0256. The fraction of sp³-hybridized carbons (Fsp3) is 0.533. The molecular weight excluding hydrogens is 288 g/mol. The van der Waals surface area contributed by atoms with Gasteiger partial charge in [0, 0.05) is 18.8 Å². The van der Waals surface area contributed by atoms with E-state index in [1.165, 1.54) is 4.31 Å². The Labute approximate surface area is 125 Å². The van der Waals surface area contributed by atoms with E-state index in [1.54, 1.807) is 11.8 Å². The maximum absolute atomic E-state index is 12.8. The first-order valence-corrected chi connectivity index (χ1v) is 9.04. The summed E-state index contributed by atoms with van der Waals surface area (Å²) in [5, 5.41) is 0. The summed E-state index contributed by atoms with van der Waals surface area (Å²) in [7, 11) is -3.31. The van der Waals surface area contributed by atoms with Crippen LogP contribution < -0.4 is 4.90 Å². The summed E-state index contributed by atoms with van der Waals surface area (Å²) >= 11 is 0. The number of fused-ring (bicyclic) bond motifs is 1. The van der Waals surface area contributed by atoms with Gasteiger partial charge in [0.1, 0.15) is 6.04 Å². The predicted molar refractivity (Wildman–Crippen MR) is 81.7 cm³/mol. The lowest BCUT2D eigenvalue weighted by Gasteiger charge is -2.27. The summed E-state index contributed by atoms with van der Waals surface area (Å²) in [4.78, 5) is 14.6. The number of carbonyl (C=O) groups excluding carboxylic acids is 1. The van der Waals surface area contributed by atoms with Crippen LogP contribution >= 0.6 is 0 Å². The molecule has 1 atom stereocenters. The topological polar surface area (TPSA) is 57.7 Å². The molecule has 1 amide bonds.